The molecule has 2 fully saturated rings. The molecule has 6 heteroatoms. The van der Waals surface area contributed by atoms with Gasteiger partial charge in [-0.05, 0) is 26.7 Å². The summed E-state index contributed by atoms with van der Waals surface area (Å²) in [7, 11) is 0. The smallest absolute Gasteiger partial charge is 0.237 e. The first-order chi connectivity index (χ1) is 9.72. The SMILES string of the molecule is C=C(C)C1N([C@H](C(N)=O)[C@@H](C)O)CC12CCCN2C(C)=O. The minimum atomic E-state index is -0.853. The molecule has 2 aliphatic rings. The second-order valence-electron chi connectivity index (χ2n) is 6.39. The highest BCUT2D eigenvalue weighted by Gasteiger charge is 2.61. The second kappa shape index (κ2) is 5.42. The molecule has 1 spiro atoms. The van der Waals surface area contributed by atoms with Gasteiger partial charge in [-0.25, -0.2) is 0 Å². The number of nitrogens with zero attached hydrogens (tertiary/aromatic N) is 2. The number of nitrogens with two attached hydrogens (primary N) is 1. The highest BCUT2D eigenvalue weighted by atomic mass is 16.3. The maximum atomic E-state index is 11.9. The zero-order valence-corrected chi connectivity index (χ0v) is 13.0. The highest BCUT2D eigenvalue weighted by molar-refractivity contribution is 5.81. The summed E-state index contributed by atoms with van der Waals surface area (Å²) in [6.07, 6.45) is 0.993. The number of amides is 2. The van der Waals surface area contributed by atoms with Gasteiger partial charge in [0.2, 0.25) is 11.8 Å². The molecular weight excluding hydrogens is 270 g/mol. The van der Waals surface area contributed by atoms with E-state index in [1.807, 2.05) is 16.7 Å². The van der Waals surface area contributed by atoms with E-state index in [0.29, 0.717) is 6.54 Å². The Labute approximate surface area is 125 Å². The number of aliphatic hydroxyl groups excluding tert-OH is 1. The van der Waals surface area contributed by atoms with Crippen molar-refractivity contribution in [2.24, 2.45) is 5.73 Å². The fourth-order valence-electron chi connectivity index (χ4n) is 4.19. The van der Waals surface area contributed by atoms with Crippen LogP contribution >= 0.6 is 0 Å². The molecule has 2 heterocycles. The maximum absolute atomic E-state index is 11.9. The van der Waals surface area contributed by atoms with E-state index in [4.69, 9.17) is 5.73 Å². The molecule has 0 saturated carbocycles. The standard InChI is InChI=1S/C15H25N3O3/c1-9(2)13-15(6-5-7-18(15)11(4)20)8-17(13)12(10(3)19)14(16)21/h10,12-13,19H,1,5-8H2,2-4H3,(H2,16,21)/t10-,12+,13?,15?/m1/s1. The number of primary amides is 1. The van der Waals surface area contributed by atoms with Gasteiger partial charge in [-0.15, -0.1) is 0 Å². The molecule has 4 atom stereocenters. The quantitative estimate of drug-likeness (QED) is 0.707. The summed E-state index contributed by atoms with van der Waals surface area (Å²) >= 11 is 0. The predicted octanol–water partition coefficient (Wildman–Crippen LogP) is -0.137. The van der Waals surface area contributed by atoms with Crippen LogP contribution in [0.3, 0.4) is 0 Å². The molecule has 2 unspecified atom stereocenters. The molecule has 0 aliphatic carbocycles. The Morgan fingerprint density at radius 2 is 2.05 bits per heavy atom. The molecule has 0 aromatic heterocycles. The van der Waals surface area contributed by atoms with Gasteiger partial charge in [0.05, 0.1) is 17.7 Å². The normalized spacial score (nSPS) is 31.8. The van der Waals surface area contributed by atoms with E-state index in [1.165, 1.54) is 0 Å². The maximum Gasteiger partial charge on any atom is 0.237 e. The van der Waals surface area contributed by atoms with Gasteiger partial charge in [-0.3, -0.25) is 14.5 Å². The van der Waals surface area contributed by atoms with Crippen molar-refractivity contribution in [1.29, 1.82) is 0 Å². The van der Waals surface area contributed by atoms with E-state index in [9.17, 15) is 14.7 Å². The van der Waals surface area contributed by atoms with Crippen LogP contribution in [0, 0.1) is 0 Å². The van der Waals surface area contributed by atoms with Crippen molar-refractivity contribution in [3.63, 3.8) is 0 Å². The van der Waals surface area contributed by atoms with Crippen LogP contribution in [0.15, 0.2) is 12.2 Å². The summed E-state index contributed by atoms with van der Waals surface area (Å²) in [4.78, 5) is 27.4. The number of rotatable bonds is 4. The molecule has 2 rings (SSSR count). The lowest BCUT2D eigenvalue weighted by molar-refractivity contribution is -0.158. The van der Waals surface area contributed by atoms with Gasteiger partial charge in [0.1, 0.15) is 6.04 Å². The number of hydrogen-bond donors (Lipinski definition) is 2. The summed E-state index contributed by atoms with van der Waals surface area (Å²) in [5.41, 5.74) is 6.04. The van der Waals surface area contributed by atoms with Crippen molar-refractivity contribution < 1.29 is 14.7 Å². The van der Waals surface area contributed by atoms with Crippen molar-refractivity contribution in [1.82, 2.24) is 9.80 Å². The molecule has 0 aromatic rings. The Bertz CT molecular complexity index is 477. The first-order valence-corrected chi connectivity index (χ1v) is 7.39. The first kappa shape index (κ1) is 16.0. The molecule has 0 bridgehead atoms. The summed E-state index contributed by atoms with van der Waals surface area (Å²) in [5, 5.41) is 9.87. The van der Waals surface area contributed by atoms with Gasteiger partial charge < -0.3 is 15.7 Å². The Kier molecular flexibility index (Phi) is 4.13. The van der Waals surface area contributed by atoms with Gasteiger partial charge in [0, 0.05) is 20.0 Å². The number of carbonyl (C=O) groups is 2. The molecule has 2 aliphatic heterocycles. The largest absolute Gasteiger partial charge is 0.391 e. The molecule has 2 amide bonds. The average molecular weight is 295 g/mol. The zero-order chi connectivity index (χ0) is 15.9. The fourth-order valence-corrected chi connectivity index (χ4v) is 4.19. The van der Waals surface area contributed by atoms with Crippen molar-refractivity contribution in [3.05, 3.63) is 12.2 Å². The van der Waals surface area contributed by atoms with E-state index < -0.39 is 18.1 Å². The van der Waals surface area contributed by atoms with Gasteiger partial charge in [0.15, 0.2) is 0 Å². The lowest BCUT2D eigenvalue weighted by Gasteiger charge is -2.61. The third kappa shape index (κ3) is 2.36. The molecule has 0 aromatic carbocycles. The Balaban J connectivity index is 2.32. The molecular formula is C15H25N3O3. The van der Waals surface area contributed by atoms with Crippen molar-refractivity contribution in [2.75, 3.05) is 13.1 Å². The Morgan fingerprint density at radius 1 is 1.43 bits per heavy atom. The first-order valence-electron chi connectivity index (χ1n) is 7.39. The lowest BCUT2D eigenvalue weighted by Crippen LogP contribution is -2.79. The molecule has 2 saturated heterocycles. The predicted molar refractivity (Wildman–Crippen MR) is 79.3 cm³/mol. The van der Waals surface area contributed by atoms with Crippen LogP contribution in [0.2, 0.25) is 0 Å². The van der Waals surface area contributed by atoms with Crippen molar-refractivity contribution >= 4 is 11.8 Å². The molecule has 21 heavy (non-hydrogen) atoms. The zero-order valence-electron chi connectivity index (χ0n) is 13.0. The topological polar surface area (TPSA) is 86.9 Å². The minimum Gasteiger partial charge on any atom is -0.391 e. The number of likely N-dealkylation sites (tertiary alicyclic amines) is 2. The van der Waals surface area contributed by atoms with Gasteiger partial charge in [-0.2, -0.15) is 0 Å². The number of carbonyl (C=O) groups excluding carboxylic acids is 2. The van der Waals surface area contributed by atoms with E-state index in [1.54, 1.807) is 13.8 Å². The van der Waals surface area contributed by atoms with Gasteiger partial charge in [0.25, 0.3) is 0 Å². The van der Waals surface area contributed by atoms with Crippen LogP contribution in [0.4, 0.5) is 0 Å². The molecule has 6 nitrogen and oxygen atoms in total. The van der Waals surface area contributed by atoms with E-state index >= 15 is 0 Å². The number of aliphatic hydroxyl groups is 1. The third-order valence-corrected chi connectivity index (χ3v) is 4.78. The number of hydrogen-bond acceptors (Lipinski definition) is 4. The fraction of sp³-hybridized carbons (Fsp3) is 0.733. The van der Waals surface area contributed by atoms with Crippen LogP contribution in [0.25, 0.3) is 0 Å². The Morgan fingerprint density at radius 3 is 2.48 bits per heavy atom. The summed E-state index contributed by atoms with van der Waals surface area (Å²) < 4.78 is 0. The van der Waals surface area contributed by atoms with Crippen LogP contribution in [0.5, 0.6) is 0 Å². The van der Waals surface area contributed by atoms with E-state index in [2.05, 4.69) is 6.58 Å². The lowest BCUT2D eigenvalue weighted by atomic mass is 9.72. The van der Waals surface area contributed by atoms with Crippen LogP contribution in [-0.4, -0.2) is 63.5 Å². The highest BCUT2D eigenvalue weighted by Crippen LogP contribution is 2.46. The van der Waals surface area contributed by atoms with Crippen LogP contribution in [0.1, 0.15) is 33.6 Å². The summed E-state index contributed by atoms with van der Waals surface area (Å²) in [6, 6.07) is -0.872. The van der Waals surface area contributed by atoms with E-state index in [0.717, 1.165) is 25.0 Å². The van der Waals surface area contributed by atoms with E-state index in [-0.39, 0.29) is 17.5 Å². The Hall–Kier alpha value is -1.40. The minimum absolute atomic E-state index is 0.0473. The van der Waals surface area contributed by atoms with Crippen LogP contribution < -0.4 is 5.73 Å². The molecule has 118 valence electrons. The third-order valence-electron chi connectivity index (χ3n) is 4.78. The van der Waals surface area contributed by atoms with Crippen molar-refractivity contribution in [3.8, 4) is 0 Å². The summed E-state index contributed by atoms with van der Waals surface area (Å²) in [5.74, 6) is -0.496. The summed E-state index contributed by atoms with van der Waals surface area (Å²) in [6.45, 7) is 10.4. The van der Waals surface area contributed by atoms with Crippen molar-refractivity contribution in [2.45, 2.75) is 57.3 Å². The second-order valence-corrected chi connectivity index (χ2v) is 6.39. The monoisotopic (exact) mass is 295 g/mol. The van der Waals surface area contributed by atoms with Gasteiger partial charge >= 0.3 is 0 Å². The van der Waals surface area contributed by atoms with Crippen LogP contribution in [-0.2, 0) is 9.59 Å². The molecule has 3 N–H and O–H groups in total. The molecule has 0 radical (unpaired) electrons. The van der Waals surface area contributed by atoms with Gasteiger partial charge in [-0.1, -0.05) is 12.2 Å². The average Bonchev–Trinajstić information content (AvgIpc) is 2.72.